The highest BCUT2D eigenvalue weighted by Gasteiger charge is 2.21. The monoisotopic (exact) mass is 627 g/mol. The zero-order valence-electron chi connectivity index (χ0n) is 26.1. The molecule has 2 heteroatoms. The number of hydrogen-bond donors (Lipinski definition) is 0. The normalized spacial score (nSPS) is 11.8. The molecule has 0 aliphatic carbocycles. The Morgan fingerprint density at radius 3 is 1.92 bits per heavy atom. The van der Waals surface area contributed by atoms with Gasteiger partial charge >= 0.3 is 0 Å². The van der Waals surface area contributed by atoms with Crippen molar-refractivity contribution in [3.05, 3.63) is 176 Å². The summed E-state index contributed by atoms with van der Waals surface area (Å²) in [7, 11) is 0. The van der Waals surface area contributed by atoms with Crippen molar-refractivity contribution >= 4 is 91.7 Å². The third-order valence-electron chi connectivity index (χ3n) is 9.79. The fraction of sp³-hybridized carbons (Fsp3) is 0. The number of anilines is 3. The molecule has 0 N–H and O–H groups in total. The molecule has 48 heavy (non-hydrogen) atoms. The number of thiophene rings is 1. The van der Waals surface area contributed by atoms with E-state index in [0.29, 0.717) is 0 Å². The molecule has 0 aliphatic rings. The van der Waals surface area contributed by atoms with Crippen LogP contribution in [0.2, 0.25) is 0 Å². The van der Waals surface area contributed by atoms with E-state index in [1.54, 1.807) is 0 Å². The molecule has 1 nitrogen and oxygen atoms in total. The smallest absolute Gasteiger partial charge is 0.0540 e. The third kappa shape index (κ3) is 4.24. The van der Waals surface area contributed by atoms with Crippen LogP contribution in [0.15, 0.2) is 176 Å². The number of fused-ring (bicyclic) bond motifs is 9. The van der Waals surface area contributed by atoms with E-state index in [9.17, 15) is 0 Å². The molecule has 1 heterocycles. The highest BCUT2D eigenvalue weighted by molar-refractivity contribution is 7.25. The van der Waals surface area contributed by atoms with E-state index in [2.05, 4.69) is 181 Å². The van der Waals surface area contributed by atoms with Gasteiger partial charge in [-0.15, -0.1) is 11.3 Å². The number of hydrogen-bond acceptors (Lipinski definition) is 2. The Morgan fingerprint density at radius 2 is 1.02 bits per heavy atom. The predicted octanol–water partition coefficient (Wildman–Crippen LogP) is 13.8. The molecule has 0 aliphatic heterocycles. The molecule has 9 aromatic carbocycles. The Labute approximate surface area is 282 Å². The molecule has 0 spiro atoms. The van der Waals surface area contributed by atoms with Crippen molar-refractivity contribution in [1.82, 2.24) is 0 Å². The summed E-state index contributed by atoms with van der Waals surface area (Å²) in [6.07, 6.45) is 0. The molecule has 0 unspecified atom stereocenters. The van der Waals surface area contributed by atoms with Gasteiger partial charge in [0.1, 0.15) is 0 Å². The SMILES string of the molecule is c1ccc(-c2ccccc2N(c2ccc3ccc4ccc5ccccc5c4c3c2)c2cccc3cc4sc5ccccc5c4cc23)cc1. The second kappa shape index (κ2) is 10.8. The van der Waals surface area contributed by atoms with E-state index in [1.165, 1.54) is 74.4 Å². The summed E-state index contributed by atoms with van der Waals surface area (Å²) in [6, 6.07) is 64.6. The van der Waals surface area contributed by atoms with Crippen molar-refractivity contribution in [3.63, 3.8) is 0 Å². The molecule has 224 valence electrons. The number of rotatable bonds is 4. The molecule has 10 rings (SSSR count). The average Bonchev–Trinajstić information content (AvgIpc) is 3.52. The van der Waals surface area contributed by atoms with E-state index >= 15 is 0 Å². The summed E-state index contributed by atoms with van der Waals surface area (Å²) >= 11 is 1.87. The van der Waals surface area contributed by atoms with Crippen LogP contribution in [0.3, 0.4) is 0 Å². The Morgan fingerprint density at radius 1 is 0.354 bits per heavy atom. The van der Waals surface area contributed by atoms with Gasteiger partial charge in [-0.1, -0.05) is 133 Å². The van der Waals surface area contributed by atoms with Crippen molar-refractivity contribution in [2.24, 2.45) is 0 Å². The van der Waals surface area contributed by atoms with Gasteiger partial charge in [-0.2, -0.15) is 0 Å². The summed E-state index contributed by atoms with van der Waals surface area (Å²) in [6.45, 7) is 0. The first-order valence-electron chi connectivity index (χ1n) is 16.4. The molecule has 0 atom stereocenters. The highest BCUT2D eigenvalue weighted by atomic mass is 32.1. The molecule has 0 fully saturated rings. The molecule has 0 amide bonds. The minimum absolute atomic E-state index is 1.13. The minimum Gasteiger partial charge on any atom is -0.309 e. The Balaban J connectivity index is 1.31. The lowest BCUT2D eigenvalue weighted by Gasteiger charge is -2.29. The van der Waals surface area contributed by atoms with Crippen LogP contribution in [-0.4, -0.2) is 0 Å². The van der Waals surface area contributed by atoms with Crippen molar-refractivity contribution in [2.45, 2.75) is 0 Å². The van der Waals surface area contributed by atoms with Crippen LogP contribution in [-0.2, 0) is 0 Å². The number of nitrogens with zero attached hydrogens (tertiary/aromatic N) is 1. The van der Waals surface area contributed by atoms with Gasteiger partial charge in [-0.25, -0.2) is 0 Å². The van der Waals surface area contributed by atoms with Gasteiger partial charge in [-0.3, -0.25) is 0 Å². The highest BCUT2D eigenvalue weighted by Crippen LogP contribution is 2.46. The molecular formula is C46H29NS. The lowest BCUT2D eigenvalue weighted by Crippen LogP contribution is -2.11. The maximum atomic E-state index is 2.48. The van der Waals surface area contributed by atoms with Gasteiger partial charge in [0.25, 0.3) is 0 Å². The quantitative estimate of drug-likeness (QED) is 0.176. The summed E-state index contributed by atoms with van der Waals surface area (Å²) in [4.78, 5) is 2.48. The summed E-state index contributed by atoms with van der Waals surface area (Å²) in [5, 5.41) is 12.7. The zero-order valence-corrected chi connectivity index (χ0v) is 26.9. The second-order valence-electron chi connectivity index (χ2n) is 12.5. The Kier molecular flexibility index (Phi) is 6.12. The second-order valence-corrected chi connectivity index (χ2v) is 13.6. The molecule has 10 aromatic rings. The van der Waals surface area contributed by atoms with Crippen LogP contribution in [0.5, 0.6) is 0 Å². The molecule has 0 saturated carbocycles. The van der Waals surface area contributed by atoms with Crippen molar-refractivity contribution in [3.8, 4) is 11.1 Å². The predicted molar refractivity (Wildman–Crippen MR) is 209 cm³/mol. The van der Waals surface area contributed by atoms with E-state index < -0.39 is 0 Å². The summed E-state index contributed by atoms with van der Waals surface area (Å²) in [5.74, 6) is 0. The van der Waals surface area contributed by atoms with Gasteiger partial charge in [0.15, 0.2) is 0 Å². The number of benzene rings is 9. The Bertz CT molecular complexity index is 2840. The van der Waals surface area contributed by atoms with E-state index in [4.69, 9.17) is 0 Å². The lowest BCUT2D eigenvalue weighted by atomic mass is 9.95. The Hall–Kier alpha value is -5.96. The first kappa shape index (κ1) is 27.2. The van der Waals surface area contributed by atoms with Crippen LogP contribution in [0.4, 0.5) is 17.1 Å². The van der Waals surface area contributed by atoms with Gasteiger partial charge in [0, 0.05) is 36.8 Å². The third-order valence-corrected chi connectivity index (χ3v) is 10.9. The van der Waals surface area contributed by atoms with Crippen LogP contribution >= 0.6 is 11.3 Å². The van der Waals surface area contributed by atoms with Crippen LogP contribution < -0.4 is 4.90 Å². The first-order chi connectivity index (χ1) is 23.8. The summed E-state index contributed by atoms with van der Waals surface area (Å²) < 4.78 is 2.64. The van der Waals surface area contributed by atoms with Gasteiger partial charge in [0.05, 0.1) is 11.4 Å². The molecular weight excluding hydrogens is 599 g/mol. The maximum Gasteiger partial charge on any atom is 0.0540 e. The van der Waals surface area contributed by atoms with Gasteiger partial charge in [-0.05, 0) is 85.7 Å². The molecule has 1 aromatic heterocycles. The van der Waals surface area contributed by atoms with Gasteiger partial charge < -0.3 is 4.90 Å². The van der Waals surface area contributed by atoms with Crippen molar-refractivity contribution < 1.29 is 0 Å². The fourth-order valence-corrected chi connectivity index (χ4v) is 8.70. The molecule has 0 saturated heterocycles. The largest absolute Gasteiger partial charge is 0.309 e. The lowest BCUT2D eigenvalue weighted by molar-refractivity contribution is 1.30. The number of para-hydroxylation sites is 1. The topological polar surface area (TPSA) is 3.24 Å². The zero-order chi connectivity index (χ0) is 31.6. The van der Waals surface area contributed by atoms with Crippen molar-refractivity contribution in [1.29, 1.82) is 0 Å². The standard InChI is InChI=1S/C46H29NS/c1-2-11-30(12-3-1)36-15-6-8-18-42(36)47(43-19-10-14-34-27-45-41(29-39(34)43)38-17-7-9-20-44(38)48-45)35-26-25-32-22-24-33-23-21-31-13-4-5-16-37(31)46(33)40(32)28-35/h1-29H. The van der Waals surface area contributed by atoms with Crippen LogP contribution in [0.1, 0.15) is 0 Å². The molecule has 0 bridgehead atoms. The minimum atomic E-state index is 1.13. The fourth-order valence-electron chi connectivity index (χ4n) is 7.57. The van der Waals surface area contributed by atoms with Crippen LogP contribution in [0.25, 0.3) is 74.4 Å². The van der Waals surface area contributed by atoms with E-state index in [0.717, 1.165) is 17.1 Å². The van der Waals surface area contributed by atoms with Crippen molar-refractivity contribution in [2.75, 3.05) is 4.90 Å². The van der Waals surface area contributed by atoms with Gasteiger partial charge in [0.2, 0.25) is 0 Å². The summed E-state index contributed by atoms with van der Waals surface area (Å²) in [5.41, 5.74) is 5.84. The molecule has 0 radical (unpaired) electrons. The first-order valence-corrected chi connectivity index (χ1v) is 17.2. The van der Waals surface area contributed by atoms with Crippen LogP contribution in [0, 0.1) is 0 Å². The van der Waals surface area contributed by atoms with E-state index in [1.807, 2.05) is 11.3 Å². The maximum absolute atomic E-state index is 2.48. The van der Waals surface area contributed by atoms with E-state index in [-0.39, 0.29) is 0 Å². The average molecular weight is 628 g/mol.